The van der Waals surface area contributed by atoms with Crippen LogP contribution in [-0.2, 0) is 13.6 Å². The standard InChI is InChI=1S/C15H26N4/c1-4-14-10-19(9-12-7-17-18(3)8-12)15(2,11-16-14)13-5-6-13/h7-8,13-14,16H,4-6,9-11H2,1-3H3. The monoisotopic (exact) mass is 262 g/mol. The fourth-order valence-electron chi connectivity index (χ4n) is 3.40. The highest BCUT2D eigenvalue weighted by atomic mass is 15.3. The second-order valence-electron chi connectivity index (χ2n) is 6.52. The van der Waals surface area contributed by atoms with Crippen LogP contribution in [0.4, 0.5) is 0 Å². The molecule has 0 amide bonds. The molecule has 2 unspecified atom stereocenters. The number of nitrogens with zero attached hydrogens (tertiary/aromatic N) is 3. The zero-order valence-corrected chi connectivity index (χ0v) is 12.4. The van der Waals surface area contributed by atoms with E-state index in [4.69, 9.17) is 0 Å². The van der Waals surface area contributed by atoms with E-state index >= 15 is 0 Å². The molecule has 1 saturated heterocycles. The number of rotatable bonds is 4. The van der Waals surface area contributed by atoms with Crippen molar-refractivity contribution in [1.29, 1.82) is 0 Å². The number of piperazine rings is 1. The van der Waals surface area contributed by atoms with Crippen LogP contribution in [-0.4, -0.2) is 39.4 Å². The Hall–Kier alpha value is -0.870. The number of nitrogens with one attached hydrogen (secondary N) is 1. The Labute approximate surface area is 116 Å². The summed E-state index contributed by atoms with van der Waals surface area (Å²) in [6, 6.07) is 0.642. The van der Waals surface area contributed by atoms with E-state index in [0.29, 0.717) is 11.6 Å². The Balaban J connectivity index is 1.76. The second kappa shape index (κ2) is 4.91. The highest BCUT2D eigenvalue weighted by Crippen LogP contribution is 2.44. The first-order valence-electron chi connectivity index (χ1n) is 7.58. The van der Waals surface area contributed by atoms with Crippen LogP contribution in [0.2, 0.25) is 0 Å². The minimum atomic E-state index is 0.335. The maximum Gasteiger partial charge on any atom is 0.0534 e. The Kier molecular flexibility index (Phi) is 3.39. The first-order valence-corrected chi connectivity index (χ1v) is 7.58. The Morgan fingerprint density at radius 2 is 2.26 bits per heavy atom. The van der Waals surface area contributed by atoms with E-state index < -0.39 is 0 Å². The van der Waals surface area contributed by atoms with E-state index in [0.717, 1.165) is 19.0 Å². The Bertz CT molecular complexity index is 437. The zero-order valence-electron chi connectivity index (χ0n) is 12.4. The SMILES string of the molecule is CCC1CN(Cc2cnn(C)c2)C(C)(C2CC2)CN1. The molecule has 4 heteroatoms. The molecule has 0 radical (unpaired) electrons. The third-order valence-corrected chi connectivity index (χ3v) is 4.99. The molecule has 19 heavy (non-hydrogen) atoms. The van der Waals surface area contributed by atoms with Crippen LogP contribution in [0.3, 0.4) is 0 Å². The van der Waals surface area contributed by atoms with Crippen molar-refractivity contribution in [1.82, 2.24) is 20.0 Å². The first kappa shape index (κ1) is 13.1. The molecule has 3 rings (SSSR count). The molecule has 0 aromatic carbocycles. The van der Waals surface area contributed by atoms with Crippen LogP contribution in [0.15, 0.2) is 12.4 Å². The molecular weight excluding hydrogens is 236 g/mol. The third kappa shape index (κ3) is 2.56. The fraction of sp³-hybridized carbons (Fsp3) is 0.800. The van der Waals surface area contributed by atoms with E-state index in [1.165, 1.54) is 31.4 Å². The quantitative estimate of drug-likeness (QED) is 0.898. The van der Waals surface area contributed by atoms with Crippen molar-refractivity contribution in [2.75, 3.05) is 13.1 Å². The summed E-state index contributed by atoms with van der Waals surface area (Å²) in [6.45, 7) is 8.06. The van der Waals surface area contributed by atoms with Crippen molar-refractivity contribution < 1.29 is 0 Å². The molecule has 0 bridgehead atoms. The lowest BCUT2D eigenvalue weighted by atomic mass is 9.88. The zero-order chi connectivity index (χ0) is 13.5. The minimum absolute atomic E-state index is 0.335. The average Bonchev–Trinajstić information content (AvgIpc) is 3.17. The van der Waals surface area contributed by atoms with Gasteiger partial charge in [-0.15, -0.1) is 0 Å². The van der Waals surface area contributed by atoms with Gasteiger partial charge in [0.25, 0.3) is 0 Å². The van der Waals surface area contributed by atoms with Crippen molar-refractivity contribution in [3.63, 3.8) is 0 Å². The predicted octanol–water partition coefficient (Wildman–Crippen LogP) is 1.77. The molecule has 1 aliphatic carbocycles. The molecule has 4 nitrogen and oxygen atoms in total. The molecule has 1 aromatic heterocycles. The molecule has 1 N–H and O–H groups in total. The van der Waals surface area contributed by atoms with Crippen LogP contribution in [0.5, 0.6) is 0 Å². The molecule has 2 heterocycles. The van der Waals surface area contributed by atoms with Gasteiger partial charge in [-0.3, -0.25) is 9.58 Å². The largest absolute Gasteiger partial charge is 0.311 e. The normalized spacial score (nSPS) is 32.7. The van der Waals surface area contributed by atoms with E-state index in [-0.39, 0.29) is 0 Å². The van der Waals surface area contributed by atoms with Gasteiger partial charge in [0.2, 0.25) is 0 Å². The van der Waals surface area contributed by atoms with Crippen LogP contribution >= 0.6 is 0 Å². The molecule has 1 saturated carbocycles. The van der Waals surface area contributed by atoms with Gasteiger partial charge in [-0.1, -0.05) is 6.92 Å². The van der Waals surface area contributed by atoms with Crippen molar-refractivity contribution in [2.24, 2.45) is 13.0 Å². The summed E-state index contributed by atoms with van der Waals surface area (Å²) in [5.74, 6) is 0.884. The highest BCUT2D eigenvalue weighted by Gasteiger charge is 2.47. The average molecular weight is 262 g/mol. The molecule has 0 spiro atoms. The van der Waals surface area contributed by atoms with Crippen LogP contribution < -0.4 is 5.32 Å². The van der Waals surface area contributed by atoms with Crippen molar-refractivity contribution in [2.45, 2.75) is 51.2 Å². The summed E-state index contributed by atoms with van der Waals surface area (Å²) in [4.78, 5) is 2.70. The van der Waals surface area contributed by atoms with Crippen molar-refractivity contribution >= 4 is 0 Å². The molecule has 2 atom stereocenters. The topological polar surface area (TPSA) is 33.1 Å². The molecule has 1 aromatic rings. The summed E-state index contributed by atoms with van der Waals surface area (Å²) in [5.41, 5.74) is 1.67. The molecular formula is C15H26N4. The van der Waals surface area contributed by atoms with Gasteiger partial charge in [0, 0.05) is 50.0 Å². The van der Waals surface area contributed by atoms with Gasteiger partial charge in [0.05, 0.1) is 6.20 Å². The van der Waals surface area contributed by atoms with Crippen LogP contribution in [0.1, 0.15) is 38.7 Å². The maximum absolute atomic E-state index is 4.30. The highest BCUT2D eigenvalue weighted by molar-refractivity contribution is 5.10. The Morgan fingerprint density at radius 1 is 1.47 bits per heavy atom. The molecule has 2 aliphatic rings. The van der Waals surface area contributed by atoms with E-state index in [2.05, 4.69) is 35.4 Å². The van der Waals surface area contributed by atoms with Gasteiger partial charge in [-0.05, 0) is 32.1 Å². The van der Waals surface area contributed by atoms with Gasteiger partial charge in [0.1, 0.15) is 0 Å². The van der Waals surface area contributed by atoms with Gasteiger partial charge < -0.3 is 5.32 Å². The Morgan fingerprint density at radius 3 is 2.84 bits per heavy atom. The molecule has 106 valence electrons. The maximum atomic E-state index is 4.30. The predicted molar refractivity (Wildman–Crippen MR) is 76.8 cm³/mol. The van der Waals surface area contributed by atoms with E-state index in [1.54, 1.807) is 0 Å². The van der Waals surface area contributed by atoms with Gasteiger partial charge >= 0.3 is 0 Å². The van der Waals surface area contributed by atoms with Crippen molar-refractivity contribution in [3.8, 4) is 0 Å². The fourth-order valence-corrected chi connectivity index (χ4v) is 3.40. The lowest BCUT2D eigenvalue weighted by Gasteiger charge is -2.48. The lowest BCUT2D eigenvalue weighted by molar-refractivity contribution is 0.0270. The van der Waals surface area contributed by atoms with Gasteiger partial charge in [0.15, 0.2) is 0 Å². The number of aryl methyl sites for hydroxylation is 1. The smallest absolute Gasteiger partial charge is 0.0534 e. The van der Waals surface area contributed by atoms with Crippen molar-refractivity contribution in [3.05, 3.63) is 18.0 Å². The van der Waals surface area contributed by atoms with Crippen LogP contribution in [0.25, 0.3) is 0 Å². The number of hydrogen-bond donors (Lipinski definition) is 1. The number of hydrogen-bond acceptors (Lipinski definition) is 3. The lowest BCUT2D eigenvalue weighted by Crippen LogP contribution is -2.63. The minimum Gasteiger partial charge on any atom is -0.311 e. The van der Waals surface area contributed by atoms with Crippen LogP contribution in [0, 0.1) is 5.92 Å². The molecule has 2 fully saturated rings. The van der Waals surface area contributed by atoms with Gasteiger partial charge in [-0.25, -0.2) is 0 Å². The second-order valence-corrected chi connectivity index (χ2v) is 6.52. The summed E-state index contributed by atoms with van der Waals surface area (Å²) >= 11 is 0. The summed E-state index contributed by atoms with van der Waals surface area (Å²) in [5, 5.41) is 8.04. The van der Waals surface area contributed by atoms with E-state index in [9.17, 15) is 0 Å². The summed E-state index contributed by atoms with van der Waals surface area (Å²) in [7, 11) is 2.00. The molecule has 1 aliphatic heterocycles. The first-order chi connectivity index (χ1) is 9.11. The van der Waals surface area contributed by atoms with Gasteiger partial charge in [-0.2, -0.15) is 5.10 Å². The summed E-state index contributed by atoms with van der Waals surface area (Å²) < 4.78 is 1.91. The summed E-state index contributed by atoms with van der Waals surface area (Å²) in [6.07, 6.45) is 8.17. The third-order valence-electron chi connectivity index (χ3n) is 4.99. The number of aromatic nitrogens is 2. The van der Waals surface area contributed by atoms with E-state index in [1.807, 2.05) is 17.9 Å².